The van der Waals surface area contributed by atoms with E-state index < -0.39 is 0 Å². The highest BCUT2D eigenvalue weighted by atomic mass is 32.1. The number of thiophene rings is 1. The Balaban J connectivity index is 1.26. The minimum absolute atomic E-state index is 0.0914. The number of nitrogens with one attached hydrogen (secondary N) is 3. The van der Waals surface area contributed by atoms with Gasteiger partial charge in [0, 0.05) is 49.3 Å². The summed E-state index contributed by atoms with van der Waals surface area (Å²) in [5.74, 6) is 0.225. The Bertz CT molecular complexity index is 1790. The first-order valence-electron chi connectivity index (χ1n) is 12.6. The van der Waals surface area contributed by atoms with Crippen LogP contribution < -0.4 is 5.32 Å². The van der Waals surface area contributed by atoms with Gasteiger partial charge in [-0.25, -0.2) is 0 Å². The molecule has 0 aliphatic heterocycles. The molecule has 7 rings (SSSR count). The summed E-state index contributed by atoms with van der Waals surface area (Å²) < 4.78 is 0. The van der Waals surface area contributed by atoms with Gasteiger partial charge >= 0.3 is 0 Å². The number of pyridine rings is 1. The number of hydrogen-bond donors (Lipinski definition) is 3. The molecule has 2 aromatic carbocycles. The number of nitrogens with zero attached hydrogens (tertiary/aromatic N) is 2. The summed E-state index contributed by atoms with van der Waals surface area (Å²) in [5, 5.41) is 13.1. The number of fused-ring (bicyclic) bond motifs is 2. The fourth-order valence-corrected chi connectivity index (χ4v) is 5.96. The SMILES string of the molecule is Cc1ccc(-c2cccc3[nH]c(-c4n[nH]c5ccc(-c6cncc(NC(=O)C7CCC7)c6)cc45)cc23)s1. The van der Waals surface area contributed by atoms with Gasteiger partial charge < -0.3 is 10.3 Å². The molecule has 1 saturated carbocycles. The Morgan fingerprint density at radius 3 is 2.70 bits per heavy atom. The maximum atomic E-state index is 12.4. The molecular formula is C30H25N5OS. The molecule has 1 aliphatic rings. The minimum atomic E-state index is 0.0914. The van der Waals surface area contributed by atoms with Crippen LogP contribution in [0.15, 0.2) is 73.1 Å². The molecule has 0 bridgehead atoms. The Labute approximate surface area is 217 Å². The van der Waals surface area contributed by atoms with Crippen LogP contribution in [0.25, 0.3) is 54.8 Å². The van der Waals surface area contributed by atoms with Crippen LogP contribution in [0.1, 0.15) is 24.1 Å². The van der Waals surface area contributed by atoms with Crippen molar-refractivity contribution in [3.05, 3.63) is 77.9 Å². The van der Waals surface area contributed by atoms with E-state index in [1.54, 1.807) is 6.20 Å². The van der Waals surface area contributed by atoms with Gasteiger partial charge in [-0.1, -0.05) is 24.6 Å². The number of H-pyrrole nitrogens is 2. The van der Waals surface area contributed by atoms with E-state index in [0.29, 0.717) is 0 Å². The molecule has 3 N–H and O–H groups in total. The van der Waals surface area contributed by atoms with Gasteiger partial charge in [-0.2, -0.15) is 5.10 Å². The van der Waals surface area contributed by atoms with Crippen LogP contribution in [0.5, 0.6) is 0 Å². The lowest BCUT2D eigenvalue weighted by Gasteiger charge is -2.24. The van der Waals surface area contributed by atoms with E-state index in [1.165, 1.54) is 20.7 Å². The van der Waals surface area contributed by atoms with Crippen LogP contribution in [0.4, 0.5) is 5.69 Å². The number of carbonyl (C=O) groups is 1. The highest BCUT2D eigenvalue weighted by Gasteiger charge is 2.25. The second kappa shape index (κ2) is 8.71. The first-order valence-corrected chi connectivity index (χ1v) is 13.4. The average Bonchev–Trinajstić information content (AvgIpc) is 3.60. The molecule has 6 aromatic rings. The molecule has 1 fully saturated rings. The van der Waals surface area contributed by atoms with Crippen molar-refractivity contribution in [2.45, 2.75) is 26.2 Å². The van der Waals surface area contributed by atoms with Crippen molar-refractivity contribution in [3.63, 3.8) is 0 Å². The lowest BCUT2D eigenvalue weighted by molar-refractivity contribution is -0.122. The van der Waals surface area contributed by atoms with Crippen molar-refractivity contribution in [1.29, 1.82) is 0 Å². The Morgan fingerprint density at radius 1 is 0.973 bits per heavy atom. The number of rotatable bonds is 5. The van der Waals surface area contributed by atoms with Gasteiger partial charge in [0.05, 0.1) is 23.1 Å². The van der Waals surface area contributed by atoms with Gasteiger partial charge in [0.25, 0.3) is 0 Å². The van der Waals surface area contributed by atoms with E-state index >= 15 is 0 Å². The summed E-state index contributed by atoms with van der Waals surface area (Å²) in [5.41, 5.74) is 7.83. The number of amides is 1. The number of aromatic amines is 2. The van der Waals surface area contributed by atoms with Crippen molar-refractivity contribution in [2.75, 3.05) is 5.32 Å². The van der Waals surface area contributed by atoms with Crippen molar-refractivity contribution < 1.29 is 4.79 Å². The lowest BCUT2D eigenvalue weighted by Crippen LogP contribution is -2.28. The molecule has 0 radical (unpaired) electrons. The number of carbonyl (C=O) groups excluding carboxylic acids is 1. The Kier molecular flexibility index (Phi) is 5.18. The molecular weight excluding hydrogens is 478 g/mol. The summed E-state index contributed by atoms with van der Waals surface area (Å²) in [6.45, 7) is 2.14. The number of aryl methyl sites for hydroxylation is 1. The zero-order valence-electron chi connectivity index (χ0n) is 20.3. The number of hydrogen-bond acceptors (Lipinski definition) is 4. The maximum absolute atomic E-state index is 12.4. The summed E-state index contributed by atoms with van der Waals surface area (Å²) >= 11 is 1.81. The summed E-state index contributed by atoms with van der Waals surface area (Å²) in [6, 6.07) is 21.2. The largest absolute Gasteiger partial charge is 0.353 e. The van der Waals surface area contributed by atoms with E-state index in [1.807, 2.05) is 29.7 Å². The normalized spacial score (nSPS) is 13.8. The van der Waals surface area contributed by atoms with E-state index in [-0.39, 0.29) is 11.8 Å². The first kappa shape index (κ1) is 22.0. The molecule has 4 aromatic heterocycles. The van der Waals surface area contributed by atoms with Crippen LogP contribution in [0, 0.1) is 12.8 Å². The predicted molar refractivity (Wildman–Crippen MR) is 151 cm³/mol. The van der Waals surface area contributed by atoms with Gasteiger partial charge in [0.2, 0.25) is 5.91 Å². The summed E-state index contributed by atoms with van der Waals surface area (Å²) in [4.78, 5) is 23.0. The third-order valence-electron chi connectivity index (χ3n) is 7.30. The first-order chi connectivity index (χ1) is 18.1. The third-order valence-corrected chi connectivity index (χ3v) is 8.34. The second-order valence-corrected chi connectivity index (χ2v) is 11.1. The number of anilines is 1. The second-order valence-electron chi connectivity index (χ2n) is 9.77. The quantitative estimate of drug-likeness (QED) is 0.227. The standard InChI is InChI=1S/C30H25N5OS/c1-17-8-11-28(37-17)22-6-3-7-25-23(22)14-27(33-25)29-24-13-19(9-10-26(24)34-35-29)20-12-21(16-31-15-20)32-30(36)18-4-2-5-18/h3,6-16,18,33H,2,4-5H2,1H3,(H,32,36)(H,34,35). The van der Waals surface area contributed by atoms with Crippen LogP contribution >= 0.6 is 11.3 Å². The average molecular weight is 504 g/mol. The number of aromatic nitrogens is 4. The van der Waals surface area contributed by atoms with Crippen LogP contribution in [0.2, 0.25) is 0 Å². The molecule has 0 unspecified atom stereocenters. The van der Waals surface area contributed by atoms with Gasteiger partial charge in [-0.15, -0.1) is 11.3 Å². The van der Waals surface area contributed by atoms with Crippen LogP contribution in [-0.4, -0.2) is 26.1 Å². The topological polar surface area (TPSA) is 86.5 Å². The van der Waals surface area contributed by atoms with Gasteiger partial charge in [0.15, 0.2) is 0 Å². The monoisotopic (exact) mass is 503 g/mol. The Morgan fingerprint density at radius 2 is 1.89 bits per heavy atom. The molecule has 182 valence electrons. The lowest BCUT2D eigenvalue weighted by atomic mass is 9.85. The molecule has 7 heteroatoms. The van der Waals surface area contributed by atoms with E-state index in [4.69, 9.17) is 0 Å². The molecule has 1 aliphatic carbocycles. The van der Waals surface area contributed by atoms with E-state index in [9.17, 15) is 4.79 Å². The molecule has 4 heterocycles. The third kappa shape index (κ3) is 3.92. The predicted octanol–water partition coefficient (Wildman–Crippen LogP) is 7.55. The van der Waals surface area contributed by atoms with Crippen molar-refractivity contribution in [2.24, 2.45) is 5.92 Å². The number of benzene rings is 2. The van der Waals surface area contributed by atoms with Gasteiger partial charge in [-0.05, 0) is 67.8 Å². The fourth-order valence-electron chi connectivity index (χ4n) is 5.06. The van der Waals surface area contributed by atoms with Crippen molar-refractivity contribution in [3.8, 4) is 33.0 Å². The highest BCUT2D eigenvalue weighted by molar-refractivity contribution is 7.15. The fraction of sp³-hybridized carbons (Fsp3) is 0.167. The van der Waals surface area contributed by atoms with Crippen LogP contribution in [-0.2, 0) is 4.79 Å². The molecule has 0 atom stereocenters. The van der Waals surface area contributed by atoms with Gasteiger partial charge in [-0.3, -0.25) is 14.9 Å². The minimum Gasteiger partial charge on any atom is -0.353 e. The molecule has 0 saturated heterocycles. The van der Waals surface area contributed by atoms with E-state index in [2.05, 4.69) is 80.9 Å². The zero-order valence-corrected chi connectivity index (χ0v) is 21.2. The summed E-state index contributed by atoms with van der Waals surface area (Å²) in [7, 11) is 0. The zero-order chi connectivity index (χ0) is 24.9. The molecule has 1 amide bonds. The molecule has 37 heavy (non-hydrogen) atoms. The Hall–Kier alpha value is -4.23. The molecule has 0 spiro atoms. The smallest absolute Gasteiger partial charge is 0.227 e. The van der Waals surface area contributed by atoms with Crippen molar-refractivity contribution in [1.82, 2.24) is 20.2 Å². The maximum Gasteiger partial charge on any atom is 0.227 e. The van der Waals surface area contributed by atoms with Crippen molar-refractivity contribution >= 4 is 44.7 Å². The molecule has 6 nitrogen and oxygen atoms in total. The summed E-state index contributed by atoms with van der Waals surface area (Å²) in [6.07, 6.45) is 6.62. The van der Waals surface area contributed by atoms with E-state index in [0.717, 1.165) is 63.9 Å². The van der Waals surface area contributed by atoms with Gasteiger partial charge in [0.1, 0.15) is 5.69 Å². The highest BCUT2D eigenvalue weighted by Crippen LogP contribution is 2.37. The van der Waals surface area contributed by atoms with Crippen LogP contribution in [0.3, 0.4) is 0 Å².